The van der Waals surface area contributed by atoms with Crippen molar-refractivity contribution >= 4 is 11.6 Å². The fourth-order valence-electron chi connectivity index (χ4n) is 2.00. The van der Waals surface area contributed by atoms with Gasteiger partial charge in [0.2, 0.25) is 5.91 Å². The van der Waals surface area contributed by atoms with E-state index in [1.807, 2.05) is 32.9 Å². The number of anilines is 1. The molecule has 2 aromatic rings. The molecule has 6 nitrogen and oxygen atoms in total. The van der Waals surface area contributed by atoms with E-state index in [0.717, 1.165) is 17.0 Å². The number of hydrogen-bond donors (Lipinski definition) is 2. The Morgan fingerprint density at radius 2 is 2.25 bits per heavy atom. The van der Waals surface area contributed by atoms with Crippen LogP contribution in [0.2, 0.25) is 0 Å². The van der Waals surface area contributed by atoms with Gasteiger partial charge in [-0.15, -0.1) is 0 Å². The number of carbonyl (C=O) groups is 1. The van der Waals surface area contributed by atoms with Crippen LogP contribution in [-0.4, -0.2) is 20.7 Å². The summed E-state index contributed by atoms with van der Waals surface area (Å²) in [5.74, 6) is -0.105. The minimum absolute atomic E-state index is 0.0921. The number of nitrogens with zero attached hydrogens (tertiary/aromatic N) is 3. The summed E-state index contributed by atoms with van der Waals surface area (Å²) in [7, 11) is 0. The summed E-state index contributed by atoms with van der Waals surface area (Å²) in [4.78, 5) is 16.1. The summed E-state index contributed by atoms with van der Waals surface area (Å²) in [6.07, 6.45) is 3.45. The van der Waals surface area contributed by atoms with E-state index in [1.54, 1.807) is 17.1 Å². The number of hydrogen-bond acceptors (Lipinski definition) is 4. The standard InChI is InChI=1S/C14H19N5O/c1-9(12-5-4-6-16-7-12)17-13(20)8-19-11(3)14(15)10(2)18-19/h4-7,9H,8,15H2,1-3H3,(H,17,20). The largest absolute Gasteiger partial charge is 0.396 e. The predicted molar refractivity (Wildman–Crippen MR) is 76.9 cm³/mol. The van der Waals surface area contributed by atoms with Crippen molar-refractivity contribution in [1.82, 2.24) is 20.1 Å². The number of nitrogen functional groups attached to an aromatic ring is 1. The molecule has 0 aliphatic heterocycles. The molecule has 0 radical (unpaired) electrons. The SMILES string of the molecule is Cc1nn(CC(=O)NC(C)c2cccnc2)c(C)c1N. The molecule has 0 aliphatic rings. The Morgan fingerprint density at radius 3 is 2.80 bits per heavy atom. The number of pyridine rings is 1. The molecule has 1 amide bonds. The van der Waals surface area contributed by atoms with Crippen molar-refractivity contribution in [2.24, 2.45) is 0 Å². The highest BCUT2D eigenvalue weighted by Crippen LogP contribution is 2.15. The van der Waals surface area contributed by atoms with Crippen LogP contribution in [0.3, 0.4) is 0 Å². The summed E-state index contributed by atoms with van der Waals surface area (Å²) >= 11 is 0. The monoisotopic (exact) mass is 273 g/mol. The van der Waals surface area contributed by atoms with Crippen LogP contribution in [0.1, 0.15) is 29.9 Å². The molecule has 2 heterocycles. The molecular weight excluding hydrogens is 254 g/mol. The maximum atomic E-state index is 12.0. The van der Waals surface area contributed by atoms with Gasteiger partial charge in [0.25, 0.3) is 0 Å². The van der Waals surface area contributed by atoms with Crippen molar-refractivity contribution in [2.45, 2.75) is 33.4 Å². The Bertz CT molecular complexity index is 606. The molecule has 2 rings (SSSR count). The quantitative estimate of drug-likeness (QED) is 0.880. The first-order valence-corrected chi connectivity index (χ1v) is 6.47. The molecule has 0 saturated carbocycles. The van der Waals surface area contributed by atoms with Gasteiger partial charge < -0.3 is 11.1 Å². The lowest BCUT2D eigenvalue weighted by Gasteiger charge is -2.14. The summed E-state index contributed by atoms with van der Waals surface area (Å²) in [5, 5.41) is 7.17. The molecule has 0 aromatic carbocycles. The maximum Gasteiger partial charge on any atom is 0.242 e. The van der Waals surface area contributed by atoms with Gasteiger partial charge in [0.05, 0.1) is 23.1 Å². The van der Waals surface area contributed by atoms with E-state index < -0.39 is 0 Å². The van der Waals surface area contributed by atoms with E-state index >= 15 is 0 Å². The molecule has 1 atom stereocenters. The van der Waals surface area contributed by atoms with E-state index in [0.29, 0.717) is 5.69 Å². The van der Waals surface area contributed by atoms with Gasteiger partial charge in [0.1, 0.15) is 6.54 Å². The minimum atomic E-state index is -0.105. The molecule has 2 aromatic heterocycles. The fraction of sp³-hybridized carbons (Fsp3) is 0.357. The van der Waals surface area contributed by atoms with Crippen LogP contribution < -0.4 is 11.1 Å². The van der Waals surface area contributed by atoms with E-state index in [1.165, 1.54) is 0 Å². The Balaban J connectivity index is 2.01. The second-order valence-electron chi connectivity index (χ2n) is 4.82. The Morgan fingerprint density at radius 1 is 1.50 bits per heavy atom. The van der Waals surface area contributed by atoms with Gasteiger partial charge in [-0.3, -0.25) is 14.5 Å². The number of carbonyl (C=O) groups excluding carboxylic acids is 1. The van der Waals surface area contributed by atoms with E-state index in [9.17, 15) is 4.79 Å². The maximum absolute atomic E-state index is 12.0. The zero-order valence-corrected chi connectivity index (χ0v) is 11.9. The van der Waals surface area contributed by atoms with Crippen molar-refractivity contribution in [1.29, 1.82) is 0 Å². The zero-order chi connectivity index (χ0) is 14.7. The first kappa shape index (κ1) is 14.0. The van der Waals surface area contributed by atoms with Crippen molar-refractivity contribution in [3.63, 3.8) is 0 Å². The van der Waals surface area contributed by atoms with Crippen LogP contribution in [0.15, 0.2) is 24.5 Å². The molecule has 0 spiro atoms. The molecule has 0 bridgehead atoms. The Kier molecular flexibility index (Phi) is 4.02. The minimum Gasteiger partial charge on any atom is -0.396 e. The van der Waals surface area contributed by atoms with Crippen LogP contribution in [-0.2, 0) is 11.3 Å². The first-order chi connectivity index (χ1) is 9.49. The molecule has 1 unspecified atom stereocenters. The summed E-state index contributed by atoms with van der Waals surface area (Å²) in [6, 6.07) is 3.68. The van der Waals surface area contributed by atoms with E-state index in [4.69, 9.17) is 5.73 Å². The Labute approximate surface area is 118 Å². The van der Waals surface area contributed by atoms with Gasteiger partial charge in [-0.25, -0.2) is 0 Å². The number of nitrogens with one attached hydrogen (secondary N) is 1. The van der Waals surface area contributed by atoms with Crippen molar-refractivity contribution in [3.8, 4) is 0 Å². The normalized spacial score (nSPS) is 12.2. The second-order valence-corrected chi connectivity index (χ2v) is 4.82. The van der Waals surface area contributed by atoms with Gasteiger partial charge in [-0.05, 0) is 32.4 Å². The highest BCUT2D eigenvalue weighted by molar-refractivity contribution is 5.76. The van der Waals surface area contributed by atoms with Crippen molar-refractivity contribution in [3.05, 3.63) is 41.5 Å². The number of rotatable bonds is 4. The molecular formula is C14H19N5O. The molecule has 6 heteroatoms. The lowest BCUT2D eigenvalue weighted by Crippen LogP contribution is -2.30. The van der Waals surface area contributed by atoms with Gasteiger partial charge >= 0.3 is 0 Å². The van der Waals surface area contributed by atoms with Gasteiger partial charge in [0, 0.05) is 12.4 Å². The molecule has 3 N–H and O–H groups in total. The van der Waals surface area contributed by atoms with Gasteiger partial charge in [-0.1, -0.05) is 6.07 Å². The van der Waals surface area contributed by atoms with Crippen LogP contribution in [0, 0.1) is 13.8 Å². The van der Waals surface area contributed by atoms with Gasteiger partial charge in [0.15, 0.2) is 0 Å². The van der Waals surface area contributed by atoms with Crippen LogP contribution in [0.4, 0.5) is 5.69 Å². The van der Waals surface area contributed by atoms with Crippen LogP contribution >= 0.6 is 0 Å². The Hall–Kier alpha value is -2.37. The van der Waals surface area contributed by atoms with Gasteiger partial charge in [-0.2, -0.15) is 5.10 Å². The van der Waals surface area contributed by atoms with Crippen LogP contribution in [0.5, 0.6) is 0 Å². The molecule has 106 valence electrons. The number of aromatic nitrogens is 3. The van der Waals surface area contributed by atoms with E-state index in [-0.39, 0.29) is 18.5 Å². The number of nitrogens with two attached hydrogens (primary N) is 1. The van der Waals surface area contributed by atoms with Crippen molar-refractivity contribution < 1.29 is 4.79 Å². The zero-order valence-electron chi connectivity index (χ0n) is 11.9. The summed E-state index contributed by atoms with van der Waals surface area (Å²) < 4.78 is 1.62. The number of aryl methyl sites for hydroxylation is 1. The lowest BCUT2D eigenvalue weighted by atomic mass is 10.1. The topological polar surface area (TPSA) is 85.8 Å². The average Bonchev–Trinajstić information content (AvgIpc) is 2.67. The lowest BCUT2D eigenvalue weighted by molar-refractivity contribution is -0.122. The highest BCUT2D eigenvalue weighted by Gasteiger charge is 2.13. The fourth-order valence-corrected chi connectivity index (χ4v) is 2.00. The molecule has 0 aliphatic carbocycles. The summed E-state index contributed by atoms with van der Waals surface area (Å²) in [6.45, 7) is 5.76. The summed E-state index contributed by atoms with van der Waals surface area (Å²) in [5.41, 5.74) is 9.01. The number of amides is 1. The highest BCUT2D eigenvalue weighted by atomic mass is 16.2. The second kappa shape index (κ2) is 5.73. The smallest absolute Gasteiger partial charge is 0.242 e. The third kappa shape index (κ3) is 2.96. The van der Waals surface area contributed by atoms with E-state index in [2.05, 4.69) is 15.4 Å². The third-order valence-corrected chi connectivity index (χ3v) is 3.29. The molecule has 0 saturated heterocycles. The average molecular weight is 273 g/mol. The molecule has 20 heavy (non-hydrogen) atoms. The molecule has 0 fully saturated rings. The third-order valence-electron chi connectivity index (χ3n) is 3.29. The van der Waals surface area contributed by atoms with Crippen molar-refractivity contribution in [2.75, 3.05) is 5.73 Å². The predicted octanol–water partition coefficient (Wildman–Crippen LogP) is 1.35. The van der Waals surface area contributed by atoms with Crippen LogP contribution in [0.25, 0.3) is 0 Å². The first-order valence-electron chi connectivity index (χ1n) is 6.47.